The Morgan fingerprint density at radius 3 is 1.13 bits per heavy atom. The molecule has 0 fully saturated rings. The molecule has 45 heavy (non-hydrogen) atoms. The molecule has 242 valence electrons. The Balaban J connectivity index is 0.000000527. The molecule has 0 nitrogen and oxygen atoms in total. The van der Waals surface area contributed by atoms with E-state index in [1.165, 1.54) is 94.2 Å². The summed E-state index contributed by atoms with van der Waals surface area (Å²) in [6.07, 6.45) is 3.59. The molecule has 0 aliphatic heterocycles. The van der Waals surface area contributed by atoms with Crippen LogP contribution in [0.15, 0.2) is 36.4 Å². The maximum absolute atomic E-state index is 2.55. The van der Waals surface area contributed by atoms with E-state index in [2.05, 4.69) is 119 Å². The molecular weight excluding hydrogens is 621 g/mol. The first-order valence-corrected chi connectivity index (χ1v) is 20.3. The minimum absolute atomic E-state index is 0.146. The van der Waals surface area contributed by atoms with E-state index in [1.54, 1.807) is 0 Å². The Hall–Kier alpha value is -1.98. The average molecular weight is 675 g/mol. The Bertz CT molecular complexity index is 2070. The number of rotatable bonds is 1. The smallest absolute Gasteiger partial charge is 0.0431 e. The Labute approximate surface area is 288 Å². The summed E-state index contributed by atoms with van der Waals surface area (Å²) in [6.45, 7) is 31.1. The molecular formula is C41H54S4. The highest BCUT2D eigenvalue weighted by molar-refractivity contribution is 7.23. The van der Waals surface area contributed by atoms with Gasteiger partial charge in [0, 0.05) is 81.4 Å². The van der Waals surface area contributed by atoms with Gasteiger partial charge in [-0.3, -0.25) is 0 Å². The Morgan fingerprint density at radius 1 is 0.444 bits per heavy atom. The third kappa shape index (κ3) is 6.73. The molecule has 0 unspecified atom stereocenters. The fourth-order valence-corrected chi connectivity index (χ4v) is 10.3. The maximum atomic E-state index is 2.55. The number of aryl methyl sites for hydroxylation is 2. The highest BCUT2D eigenvalue weighted by Gasteiger charge is 2.24. The first-order chi connectivity index (χ1) is 21.3. The van der Waals surface area contributed by atoms with Crippen molar-refractivity contribution in [3.8, 4) is 0 Å². The van der Waals surface area contributed by atoms with Gasteiger partial charge < -0.3 is 0 Å². The van der Waals surface area contributed by atoms with Crippen LogP contribution in [0.5, 0.6) is 0 Å². The lowest BCUT2D eigenvalue weighted by Gasteiger charge is -2.15. The molecule has 0 N–H and O–H groups in total. The Morgan fingerprint density at radius 2 is 0.756 bits per heavy atom. The number of hydrogen-bond donors (Lipinski definition) is 0. The topological polar surface area (TPSA) is 0 Å². The zero-order valence-electron chi connectivity index (χ0n) is 30.2. The summed E-state index contributed by atoms with van der Waals surface area (Å²) in [7, 11) is 0. The van der Waals surface area contributed by atoms with E-state index in [-0.39, 0.29) is 10.8 Å². The lowest BCUT2D eigenvalue weighted by Crippen LogP contribution is -2.07. The zero-order chi connectivity index (χ0) is 33.4. The summed E-state index contributed by atoms with van der Waals surface area (Å²) >= 11 is 7.97. The van der Waals surface area contributed by atoms with E-state index in [4.69, 9.17) is 0 Å². The standard InChI is InChI=1S/C33H32S4.2C3H8.C2H6/c1-9-17-11-19-25-15-27(33(6,7)8)37-31(25)23-12-20-22(13-21(23)29(19)35-17)30-24(14-26(36-30)32(3,4)5)18-10-16(2)34-28(18)20;2*1-3-2;1-2/h10-15H,9H2,1-8H3;2*3H2,1-2H3;1-2H3. The monoisotopic (exact) mass is 674 g/mol. The van der Waals surface area contributed by atoms with Gasteiger partial charge in [0.25, 0.3) is 0 Å². The van der Waals surface area contributed by atoms with Crippen LogP contribution in [0.4, 0.5) is 0 Å². The van der Waals surface area contributed by atoms with E-state index < -0.39 is 0 Å². The van der Waals surface area contributed by atoms with E-state index >= 15 is 0 Å². The number of benzene rings is 3. The van der Waals surface area contributed by atoms with E-state index in [1.807, 2.05) is 59.2 Å². The predicted octanol–water partition coefficient (Wildman–Crippen LogP) is 16.2. The lowest BCUT2D eigenvalue weighted by atomic mass is 9.93. The van der Waals surface area contributed by atoms with Crippen molar-refractivity contribution in [2.45, 2.75) is 127 Å². The van der Waals surface area contributed by atoms with Crippen LogP contribution in [0.2, 0.25) is 0 Å². The second kappa shape index (κ2) is 14.0. The largest absolute Gasteiger partial charge is 0.140 e. The van der Waals surface area contributed by atoms with Gasteiger partial charge in [-0.05, 0) is 60.6 Å². The van der Waals surface area contributed by atoms with Gasteiger partial charge >= 0.3 is 0 Å². The molecule has 0 radical (unpaired) electrons. The molecule has 0 saturated heterocycles. The molecule has 3 aromatic carbocycles. The molecule has 4 heterocycles. The van der Waals surface area contributed by atoms with Crippen molar-refractivity contribution in [3.63, 3.8) is 0 Å². The van der Waals surface area contributed by atoms with Crippen molar-refractivity contribution in [2.75, 3.05) is 0 Å². The van der Waals surface area contributed by atoms with Gasteiger partial charge in [-0.2, -0.15) is 0 Å². The van der Waals surface area contributed by atoms with Crippen molar-refractivity contribution in [2.24, 2.45) is 0 Å². The molecule has 0 atom stereocenters. The van der Waals surface area contributed by atoms with Crippen LogP contribution in [-0.2, 0) is 17.3 Å². The van der Waals surface area contributed by atoms with E-state index in [9.17, 15) is 0 Å². The molecule has 4 aromatic heterocycles. The number of thiophene rings is 4. The second-order valence-corrected chi connectivity index (χ2v) is 18.5. The summed E-state index contributed by atoms with van der Waals surface area (Å²) in [5, 5.41) is 11.5. The van der Waals surface area contributed by atoms with Crippen LogP contribution in [0.25, 0.3) is 61.9 Å². The van der Waals surface area contributed by atoms with Gasteiger partial charge in [0.1, 0.15) is 0 Å². The van der Waals surface area contributed by atoms with Crippen LogP contribution in [0, 0.1) is 6.92 Å². The SMILES string of the molecule is CC.CCC.CCC.CCc1cc2c3cc(C(C)(C)C)sc3c3cc4c(cc3c2s1)c1sc(C(C)(C)C)cc1c1cc(C)sc14. The van der Waals surface area contributed by atoms with E-state index in [0.29, 0.717) is 0 Å². The summed E-state index contributed by atoms with van der Waals surface area (Å²) in [6, 6.07) is 15.0. The van der Waals surface area contributed by atoms with Crippen molar-refractivity contribution in [1.82, 2.24) is 0 Å². The molecule has 0 aliphatic rings. The molecule has 0 bridgehead atoms. The quantitative estimate of drug-likeness (QED) is 0.152. The molecule has 4 heteroatoms. The molecule has 0 aliphatic carbocycles. The van der Waals surface area contributed by atoms with Gasteiger partial charge in [-0.1, -0.05) is 103 Å². The summed E-state index contributed by atoms with van der Waals surface area (Å²) in [5.74, 6) is 0. The van der Waals surface area contributed by atoms with Crippen molar-refractivity contribution < 1.29 is 0 Å². The fourth-order valence-electron chi connectivity index (χ4n) is 5.60. The van der Waals surface area contributed by atoms with Gasteiger partial charge in [0.2, 0.25) is 0 Å². The average Bonchev–Trinajstić information content (AvgIpc) is 3.77. The summed E-state index contributed by atoms with van der Waals surface area (Å²) in [5.41, 5.74) is 0.293. The highest BCUT2D eigenvalue weighted by atomic mass is 32.1. The maximum Gasteiger partial charge on any atom is 0.0431 e. The van der Waals surface area contributed by atoms with Crippen LogP contribution >= 0.6 is 45.3 Å². The fraction of sp³-hybridized carbons (Fsp3) is 0.463. The lowest BCUT2D eigenvalue weighted by molar-refractivity contribution is 0.604. The van der Waals surface area contributed by atoms with Crippen molar-refractivity contribution in [3.05, 3.63) is 55.9 Å². The first-order valence-electron chi connectivity index (χ1n) is 17.0. The first kappa shape index (κ1) is 35.9. The second-order valence-electron chi connectivity index (χ2n) is 14.0. The molecule has 7 rings (SSSR count). The van der Waals surface area contributed by atoms with Crippen LogP contribution in [-0.4, -0.2) is 0 Å². The van der Waals surface area contributed by atoms with Crippen LogP contribution < -0.4 is 0 Å². The van der Waals surface area contributed by atoms with Crippen LogP contribution in [0.1, 0.15) is 122 Å². The summed E-state index contributed by atoms with van der Waals surface area (Å²) < 4.78 is 5.82. The minimum atomic E-state index is 0.146. The zero-order valence-corrected chi connectivity index (χ0v) is 33.5. The third-order valence-electron chi connectivity index (χ3n) is 7.65. The van der Waals surface area contributed by atoms with Crippen molar-refractivity contribution in [1.29, 1.82) is 0 Å². The van der Waals surface area contributed by atoms with Gasteiger partial charge in [-0.25, -0.2) is 0 Å². The Kier molecular flexibility index (Phi) is 11.2. The van der Waals surface area contributed by atoms with Gasteiger partial charge in [-0.15, -0.1) is 45.3 Å². The molecule has 7 aromatic rings. The highest BCUT2D eigenvalue weighted by Crippen LogP contribution is 2.50. The number of fused-ring (bicyclic) bond motifs is 12. The van der Waals surface area contributed by atoms with Crippen LogP contribution in [0.3, 0.4) is 0 Å². The molecule has 0 amide bonds. The predicted molar refractivity (Wildman–Crippen MR) is 218 cm³/mol. The van der Waals surface area contributed by atoms with Crippen molar-refractivity contribution >= 4 is 107 Å². The van der Waals surface area contributed by atoms with Gasteiger partial charge in [0.05, 0.1) is 0 Å². The molecule has 0 spiro atoms. The normalized spacial score (nSPS) is 12.0. The molecule has 0 saturated carbocycles. The minimum Gasteiger partial charge on any atom is -0.140 e. The third-order valence-corrected chi connectivity index (χ3v) is 13.2. The summed E-state index contributed by atoms with van der Waals surface area (Å²) in [4.78, 5) is 5.82. The number of hydrogen-bond acceptors (Lipinski definition) is 4. The van der Waals surface area contributed by atoms with Gasteiger partial charge in [0.15, 0.2) is 0 Å². The van der Waals surface area contributed by atoms with E-state index in [0.717, 1.165) is 6.42 Å².